The van der Waals surface area contributed by atoms with Crippen molar-refractivity contribution in [1.29, 1.82) is 0 Å². The van der Waals surface area contributed by atoms with Crippen LogP contribution in [0.1, 0.15) is 19.4 Å². The molecule has 0 heterocycles. The molecule has 0 unspecified atom stereocenters. The van der Waals surface area contributed by atoms with Gasteiger partial charge in [0, 0.05) is 25.6 Å². The third-order valence-corrected chi connectivity index (χ3v) is 2.28. The highest BCUT2D eigenvalue weighted by Crippen LogP contribution is 2.15. The molecule has 0 saturated carbocycles. The summed E-state index contributed by atoms with van der Waals surface area (Å²) in [7, 11) is 0. The molecule has 0 aliphatic carbocycles. The van der Waals surface area contributed by atoms with Gasteiger partial charge in [-0.25, -0.2) is 0 Å². The first-order chi connectivity index (χ1) is 9.43. The summed E-state index contributed by atoms with van der Waals surface area (Å²) in [6.45, 7) is 3.43. The van der Waals surface area contributed by atoms with Crippen LogP contribution in [0.25, 0.3) is 6.08 Å². The van der Waals surface area contributed by atoms with E-state index in [2.05, 4.69) is 10.6 Å². The molecule has 0 saturated heterocycles. The fourth-order valence-electron chi connectivity index (χ4n) is 1.50. The highest BCUT2D eigenvalue weighted by Gasteiger charge is 2.11. The number of hydrogen-bond donors (Lipinski definition) is 2. The summed E-state index contributed by atoms with van der Waals surface area (Å²) < 4.78 is 0. The molecule has 2 N–H and O–H groups in total. The monoisotopic (exact) mass is 277 g/mol. The molecule has 0 aromatic heterocycles. The number of rotatable bonds is 5. The van der Waals surface area contributed by atoms with E-state index in [4.69, 9.17) is 0 Å². The zero-order valence-electron chi connectivity index (χ0n) is 11.2. The Balaban J connectivity index is 3.11. The van der Waals surface area contributed by atoms with Crippen LogP contribution in [-0.2, 0) is 9.59 Å². The van der Waals surface area contributed by atoms with Gasteiger partial charge in [0.2, 0.25) is 5.91 Å². The number of amides is 2. The first-order valence-electron chi connectivity index (χ1n) is 5.96. The summed E-state index contributed by atoms with van der Waals surface area (Å²) >= 11 is 0. The molecule has 0 atom stereocenters. The number of nitro benzene ring substituents is 1. The second-order valence-corrected chi connectivity index (χ2v) is 3.95. The van der Waals surface area contributed by atoms with Crippen molar-refractivity contribution in [1.82, 2.24) is 10.6 Å². The Hall–Kier alpha value is -2.70. The molecule has 0 fully saturated rings. The Morgan fingerprint density at radius 1 is 1.40 bits per heavy atom. The predicted octanol–water partition coefficient (Wildman–Crippen LogP) is 1.21. The van der Waals surface area contributed by atoms with Gasteiger partial charge in [0.1, 0.15) is 5.70 Å². The van der Waals surface area contributed by atoms with Crippen LogP contribution in [0.2, 0.25) is 0 Å². The standard InChI is InChI=1S/C13H15N3O4/c1-3-14-13(18)12(15-9(2)17)8-10-5-4-6-11(7-10)16(19)20/h4-8H,3H2,1-2H3,(H,14,18)(H,15,17). The molecule has 1 aromatic rings. The Morgan fingerprint density at radius 3 is 2.65 bits per heavy atom. The molecule has 0 aliphatic rings. The largest absolute Gasteiger partial charge is 0.351 e. The van der Waals surface area contributed by atoms with Crippen molar-refractivity contribution in [3.8, 4) is 0 Å². The lowest BCUT2D eigenvalue weighted by Crippen LogP contribution is -2.33. The summed E-state index contributed by atoms with van der Waals surface area (Å²) in [4.78, 5) is 33.0. The van der Waals surface area contributed by atoms with Crippen molar-refractivity contribution >= 4 is 23.6 Å². The molecular weight excluding hydrogens is 262 g/mol. The normalized spacial score (nSPS) is 10.8. The van der Waals surface area contributed by atoms with E-state index in [0.717, 1.165) is 0 Å². The second kappa shape index (κ2) is 7.03. The van der Waals surface area contributed by atoms with Crippen molar-refractivity contribution in [2.24, 2.45) is 0 Å². The number of benzene rings is 1. The van der Waals surface area contributed by atoms with Gasteiger partial charge in [-0.3, -0.25) is 19.7 Å². The van der Waals surface area contributed by atoms with E-state index in [9.17, 15) is 19.7 Å². The van der Waals surface area contributed by atoms with Crippen molar-refractivity contribution in [3.05, 3.63) is 45.6 Å². The van der Waals surface area contributed by atoms with E-state index in [1.807, 2.05) is 0 Å². The van der Waals surface area contributed by atoms with Crippen LogP contribution in [0, 0.1) is 10.1 Å². The Morgan fingerprint density at radius 2 is 2.10 bits per heavy atom. The van der Waals surface area contributed by atoms with Crippen LogP contribution in [0.15, 0.2) is 30.0 Å². The van der Waals surface area contributed by atoms with E-state index < -0.39 is 16.7 Å². The van der Waals surface area contributed by atoms with Crippen molar-refractivity contribution in [2.45, 2.75) is 13.8 Å². The van der Waals surface area contributed by atoms with Crippen molar-refractivity contribution in [2.75, 3.05) is 6.54 Å². The topological polar surface area (TPSA) is 101 Å². The van der Waals surface area contributed by atoms with E-state index in [0.29, 0.717) is 12.1 Å². The average Bonchev–Trinajstić information content (AvgIpc) is 2.38. The molecule has 0 spiro atoms. The van der Waals surface area contributed by atoms with Gasteiger partial charge in [0.25, 0.3) is 11.6 Å². The predicted molar refractivity (Wildman–Crippen MR) is 73.6 cm³/mol. The molecule has 1 aromatic carbocycles. The molecule has 0 radical (unpaired) electrons. The summed E-state index contributed by atoms with van der Waals surface area (Å²) in [6.07, 6.45) is 1.39. The molecular formula is C13H15N3O4. The van der Waals surface area contributed by atoms with E-state index in [1.54, 1.807) is 13.0 Å². The summed E-state index contributed by atoms with van der Waals surface area (Å²) in [5.74, 6) is -0.845. The number of carbonyl (C=O) groups is 2. The van der Waals surface area contributed by atoms with Gasteiger partial charge in [0.05, 0.1) is 4.92 Å². The minimum Gasteiger partial charge on any atom is -0.351 e. The Kier molecular flexibility index (Phi) is 5.40. The minimum atomic E-state index is -0.526. The summed E-state index contributed by atoms with van der Waals surface area (Å²) in [6, 6.07) is 5.78. The Labute approximate surface area is 115 Å². The lowest BCUT2D eigenvalue weighted by Gasteiger charge is -2.08. The summed E-state index contributed by atoms with van der Waals surface area (Å²) in [5.41, 5.74) is 0.408. The highest BCUT2D eigenvalue weighted by molar-refractivity contribution is 6.00. The number of likely N-dealkylation sites (N-methyl/N-ethyl adjacent to an activating group) is 1. The highest BCUT2D eigenvalue weighted by atomic mass is 16.6. The molecule has 20 heavy (non-hydrogen) atoms. The number of non-ortho nitro benzene ring substituents is 1. The smallest absolute Gasteiger partial charge is 0.270 e. The third kappa shape index (κ3) is 4.52. The van der Waals surface area contributed by atoms with Crippen LogP contribution in [-0.4, -0.2) is 23.3 Å². The van der Waals surface area contributed by atoms with Crippen molar-refractivity contribution < 1.29 is 14.5 Å². The molecule has 1 rings (SSSR count). The maximum Gasteiger partial charge on any atom is 0.270 e. The molecule has 0 aliphatic heterocycles. The van der Waals surface area contributed by atoms with Gasteiger partial charge >= 0.3 is 0 Å². The summed E-state index contributed by atoms with van der Waals surface area (Å²) in [5, 5.41) is 15.6. The molecule has 106 valence electrons. The average molecular weight is 277 g/mol. The van der Waals surface area contributed by atoms with Gasteiger partial charge in [-0.15, -0.1) is 0 Å². The van der Waals surface area contributed by atoms with Crippen LogP contribution in [0.5, 0.6) is 0 Å². The lowest BCUT2D eigenvalue weighted by molar-refractivity contribution is -0.384. The zero-order chi connectivity index (χ0) is 15.1. The van der Waals surface area contributed by atoms with Gasteiger partial charge in [0.15, 0.2) is 0 Å². The van der Waals surface area contributed by atoms with Gasteiger partial charge in [-0.05, 0) is 18.6 Å². The fourth-order valence-corrected chi connectivity index (χ4v) is 1.50. The third-order valence-electron chi connectivity index (χ3n) is 2.28. The van der Waals surface area contributed by atoms with Crippen LogP contribution < -0.4 is 10.6 Å². The van der Waals surface area contributed by atoms with Crippen LogP contribution >= 0.6 is 0 Å². The van der Waals surface area contributed by atoms with Crippen LogP contribution in [0.3, 0.4) is 0 Å². The van der Waals surface area contributed by atoms with Gasteiger partial charge in [-0.1, -0.05) is 12.1 Å². The Bertz CT molecular complexity index is 566. The van der Waals surface area contributed by atoms with E-state index >= 15 is 0 Å². The van der Waals surface area contributed by atoms with Crippen LogP contribution in [0.4, 0.5) is 5.69 Å². The lowest BCUT2D eigenvalue weighted by atomic mass is 10.1. The second-order valence-electron chi connectivity index (χ2n) is 3.95. The number of carbonyl (C=O) groups excluding carboxylic acids is 2. The number of nitrogens with zero attached hydrogens (tertiary/aromatic N) is 1. The molecule has 7 nitrogen and oxygen atoms in total. The number of hydrogen-bond acceptors (Lipinski definition) is 4. The maximum atomic E-state index is 11.8. The van der Waals surface area contributed by atoms with Gasteiger partial charge in [-0.2, -0.15) is 0 Å². The molecule has 2 amide bonds. The van der Waals surface area contributed by atoms with E-state index in [1.165, 1.54) is 31.2 Å². The van der Waals surface area contributed by atoms with Gasteiger partial charge < -0.3 is 10.6 Å². The quantitative estimate of drug-likeness (QED) is 0.479. The van der Waals surface area contributed by atoms with Crippen molar-refractivity contribution in [3.63, 3.8) is 0 Å². The fraction of sp³-hybridized carbons (Fsp3) is 0.231. The first kappa shape index (κ1) is 15.4. The number of nitro groups is 1. The maximum absolute atomic E-state index is 11.8. The molecule has 7 heteroatoms. The number of nitrogens with one attached hydrogen (secondary N) is 2. The zero-order valence-corrected chi connectivity index (χ0v) is 11.2. The molecule has 0 bridgehead atoms. The van der Waals surface area contributed by atoms with E-state index in [-0.39, 0.29) is 11.4 Å². The first-order valence-corrected chi connectivity index (χ1v) is 5.96. The minimum absolute atomic E-state index is 0.0415. The SMILES string of the molecule is CCNC(=O)C(=Cc1cccc([N+](=O)[O-])c1)NC(C)=O.